The van der Waals surface area contributed by atoms with Gasteiger partial charge in [-0.25, -0.2) is 0 Å². The van der Waals surface area contributed by atoms with Gasteiger partial charge < -0.3 is 4.74 Å². The molecule has 2 atom stereocenters. The van der Waals surface area contributed by atoms with E-state index in [1.807, 2.05) is 37.3 Å². The summed E-state index contributed by atoms with van der Waals surface area (Å²) < 4.78 is 5.41. The molecule has 2 heterocycles. The van der Waals surface area contributed by atoms with Crippen molar-refractivity contribution < 1.29 is 4.74 Å². The monoisotopic (exact) mass is 302 g/mol. The highest BCUT2D eigenvalue weighted by molar-refractivity contribution is 5.87. The Morgan fingerprint density at radius 2 is 2.00 bits per heavy atom. The Morgan fingerprint density at radius 3 is 2.78 bits per heavy atom. The maximum atomic E-state index is 9.56. The van der Waals surface area contributed by atoms with Crippen LogP contribution in [0.3, 0.4) is 0 Å². The van der Waals surface area contributed by atoms with E-state index in [2.05, 4.69) is 28.4 Å². The Labute approximate surface area is 133 Å². The second kappa shape index (κ2) is 4.96. The van der Waals surface area contributed by atoms with Crippen LogP contribution in [0.5, 0.6) is 5.88 Å². The minimum absolute atomic E-state index is 0.0512. The summed E-state index contributed by atoms with van der Waals surface area (Å²) in [4.78, 5) is 0. The third kappa shape index (κ3) is 2.00. The zero-order valence-corrected chi connectivity index (χ0v) is 12.5. The zero-order chi connectivity index (χ0) is 16.0. The van der Waals surface area contributed by atoms with Gasteiger partial charge in [0.2, 0.25) is 11.8 Å². The van der Waals surface area contributed by atoms with Crippen molar-refractivity contribution in [1.29, 1.82) is 10.7 Å². The van der Waals surface area contributed by atoms with Crippen molar-refractivity contribution in [3.8, 4) is 11.9 Å². The molecule has 0 spiro atoms. The third-order valence-electron chi connectivity index (χ3n) is 4.36. The Bertz CT molecular complexity index is 967. The first-order chi connectivity index (χ1) is 11.2. The number of ether oxygens (including phenoxy) is 1. The summed E-state index contributed by atoms with van der Waals surface area (Å²) >= 11 is 0. The molecule has 1 aliphatic heterocycles. The number of rotatable bonds is 1. The van der Waals surface area contributed by atoms with Gasteiger partial charge in [0.1, 0.15) is 5.92 Å². The molecule has 2 unspecified atom stereocenters. The lowest BCUT2D eigenvalue weighted by atomic mass is 9.79. The van der Waals surface area contributed by atoms with Gasteiger partial charge in [-0.05, 0) is 23.3 Å². The first kappa shape index (κ1) is 13.5. The number of aromatic amines is 1. The van der Waals surface area contributed by atoms with Gasteiger partial charge in [0.05, 0.1) is 6.07 Å². The van der Waals surface area contributed by atoms with E-state index in [1.54, 1.807) is 0 Å². The first-order valence-corrected chi connectivity index (χ1v) is 7.38. The number of nitrogens with zero attached hydrogens (tertiary/aromatic N) is 2. The quantitative estimate of drug-likeness (QED) is 0.721. The molecule has 23 heavy (non-hydrogen) atoms. The van der Waals surface area contributed by atoms with E-state index in [1.165, 1.54) is 0 Å². The van der Waals surface area contributed by atoms with Gasteiger partial charge in [0, 0.05) is 17.2 Å². The van der Waals surface area contributed by atoms with Gasteiger partial charge in [-0.1, -0.05) is 42.5 Å². The standard InChI is InChI=1S/C18H14N4O/c1-10-15-16(14(9-19)17(20)23-18(15)22-21-10)13-7-6-11-4-2-3-5-12(11)8-13/h2-8,14,16,20H,1H3,(H,21,22). The van der Waals surface area contributed by atoms with Gasteiger partial charge in [-0.2, -0.15) is 5.26 Å². The number of nitriles is 1. The Hall–Kier alpha value is -3.13. The average Bonchev–Trinajstić information content (AvgIpc) is 2.93. The molecule has 0 aliphatic carbocycles. The Morgan fingerprint density at radius 1 is 1.22 bits per heavy atom. The van der Waals surface area contributed by atoms with Gasteiger partial charge in [0.15, 0.2) is 0 Å². The van der Waals surface area contributed by atoms with Crippen molar-refractivity contribution in [3.05, 3.63) is 59.3 Å². The van der Waals surface area contributed by atoms with E-state index in [4.69, 9.17) is 10.1 Å². The van der Waals surface area contributed by atoms with Gasteiger partial charge >= 0.3 is 0 Å². The van der Waals surface area contributed by atoms with Gasteiger partial charge in [-0.15, -0.1) is 5.10 Å². The molecule has 0 fully saturated rings. The zero-order valence-electron chi connectivity index (χ0n) is 12.5. The minimum Gasteiger partial charge on any atom is -0.422 e. The largest absolute Gasteiger partial charge is 0.422 e. The van der Waals surface area contributed by atoms with E-state index in [9.17, 15) is 5.26 Å². The fourth-order valence-corrected chi connectivity index (χ4v) is 3.24. The fraction of sp³-hybridized carbons (Fsp3) is 0.167. The second-order valence-electron chi connectivity index (χ2n) is 5.72. The highest BCUT2D eigenvalue weighted by Crippen LogP contribution is 2.43. The van der Waals surface area contributed by atoms with Crippen molar-refractivity contribution >= 4 is 16.7 Å². The van der Waals surface area contributed by atoms with Crippen molar-refractivity contribution in [3.63, 3.8) is 0 Å². The lowest BCUT2D eigenvalue weighted by Gasteiger charge is -2.28. The van der Waals surface area contributed by atoms with E-state index in [0.29, 0.717) is 5.88 Å². The summed E-state index contributed by atoms with van der Waals surface area (Å²) in [6.07, 6.45) is 0. The fourth-order valence-electron chi connectivity index (χ4n) is 3.24. The molecule has 0 saturated carbocycles. The molecule has 0 amide bonds. The van der Waals surface area contributed by atoms with E-state index in [0.717, 1.165) is 27.6 Å². The van der Waals surface area contributed by atoms with Crippen LogP contribution in [0.1, 0.15) is 22.7 Å². The van der Waals surface area contributed by atoms with Crippen molar-refractivity contribution in [2.24, 2.45) is 5.92 Å². The third-order valence-corrected chi connectivity index (χ3v) is 4.36. The molecule has 5 heteroatoms. The topological polar surface area (TPSA) is 85.5 Å². The smallest absolute Gasteiger partial charge is 0.243 e. The van der Waals surface area contributed by atoms with E-state index in [-0.39, 0.29) is 11.8 Å². The van der Waals surface area contributed by atoms with E-state index < -0.39 is 5.92 Å². The molecule has 0 bridgehead atoms. The molecule has 2 N–H and O–H groups in total. The SMILES string of the molecule is Cc1[nH]nc2c1C(c1ccc3ccccc3c1)C(C#N)C(=N)O2. The summed E-state index contributed by atoms with van der Waals surface area (Å²) in [6.45, 7) is 1.91. The number of aromatic nitrogens is 2. The van der Waals surface area contributed by atoms with Crippen LogP contribution < -0.4 is 4.74 Å². The first-order valence-electron chi connectivity index (χ1n) is 7.38. The van der Waals surface area contributed by atoms with Crippen molar-refractivity contribution in [1.82, 2.24) is 10.2 Å². The molecule has 5 nitrogen and oxygen atoms in total. The highest BCUT2D eigenvalue weighted by Gasteiger charge is 2.39. The normalized spacial score (nSPS) is 19.9. The lowest BCUT2D eigenvalue weighted by Crippen LogP contribution is -2.30. The van der Waals surface area contributed by atoms with Crippen LogP contribution >= 0.6 is 0 Å². The molecule has 112 valence electrons. The number of H-pyrrole nitrogens is 1. The summed E-state index contributed by atoms with van der Waals surface area (Å²) in [5.74, 6) is -0.554. The van der Waals surface area contributed by atoms with Crippen LogP contribution in [-0.4, -0.2) is 16.1 Å². The van der Waals surface area contributed by atoms with Crippen molar-refractivity contribution in [2.45, 2.75) is 12.8 Å². The maximum Gasteiger partial charge on any atom is 0.243 e. The molecule has 3 aromatic rings. The van der Waals surface area contributed by atoms with Gasteiger partial charge in [-0.3, -0.25) is 10.5 Å². The second-order valence-corrected chi connectivity index (χ2v) is 5.72. The molecule has 0 saturated heterocycles. The van der Waals surface area contributed by atoms with Crippen molar-refractivity contribution in [2.75, 3.05) is 0 Å². The number of aryl methyl sites for hydroxylation is 1. The van der Waals surface area contributed by atoms with Gasteiger partial charge in [0.25, 0.3) is 0 Å². The number of nitrogens with one attached hydrogen (secondary N) is 2. The number of benzene rings is 2. The van der Waals surface area contributed by atoms with Crippen LogP contribution in [0.15, 0.2) is 42.5 Å². The van der Waals surface area contributed by atoms with Crippen LogP contribution in [0.2, 0.25) is 0 Å². The molecule has 1 aliphatic rings. The highest BCUT2D eigenvalue weighted by atomic mass is 16.5. The van der Waals surface area contributed by atoms with Crippen LogP contribution in [0.4, 0.5) is 0 Å². The molecule has 0 radical (unpaired) electrons. The number of hydrogen-bond acceptors (Lipinski definition) is 4. The molecular formula is C18H14N4O. The number of hydrogen-bond donors (Lipinski definition) is 2. The van der Waals surface area contributed by atoms with E-state index >= 15 is 0 Å². The summed E-state index contributed by atoms with van der Waals surface area (Å²) in [7, 11) is 0. The average molecular weight is 302 g/mol. The summed E-state index contributed by atoms with van der Waals surface area (Å²) in [5, 5.41) is 26.9. The molecule has 2 aromatic carbocycles. The molecular weight excluding hydrogens is 288 g/mol. The maximum absolute atomic E-state index is 9.56. The lowest BCUT2D eigenvalue weighted by molar-refractivity contribution is 0.436. The number of fused-ring (bicyclic) bond motifs is 2. The van der Waals surface area contributed by atoms with Crippen LogP contribution in [0.25, 0.3) is 10.8 Å². The predicted octanol–water partition coefficient (Wildman–Crippen LogP) is 3.51. The van der Waals surface area contributed by atoms with Crippen LogP contribution in [0, 0.1) is 29.6 Å². The summed E-state index contributed by atoms with van der Waals surface area (Å²) in [5.41, 5.74) is 2.72. The molecule has 4 rings (SSSR count). The molecule has 1 aromatic heterocycles. The Kier molecular flexibility index (Phi) is 2.91. The minimum atomic E-state index is -0.653. The summed E-state index contributed by atoms with van der Waals surface area (Å²) in [6, 6.07) is 16.5. The van der Waals surface area contributed by atoms with Crippen LogP contribution in [-0.2, 0) is 0 Å². The Balaban J connectivity index is 1.94. The predicted molar refractivity (Wildman–Crippen MR) is 86.6 cm³/mol.